The summed E-state index contributed by atoms with van der Waals surface area (Å²) >= 11 is 0. The molecule has 3 rings (SSSR count). The molecule has 0 spiro atoms. The van der Waals surface area contributed by atoms with Crippen LogP contribution in [0.2, 0.25) is 0 Å². The van der Waals surface area contributed by atoms with E-state index in [0.717, 1.165) is 37.5 Å². The highest BCUT2D eigenvalue weighted by molar-refractivity contribution is 5.89. The number of nitrogens with zero attached hydrogens (tertiary/aromatic N) is 1. The van der Waals surface area contributed by atoms with Crippen LogP contribution in [0, 0.1) is 0 Å². The number of hydrogen-bond donors (Lipinski definition) is 2. The summed E-state index contributed by atoms with van der Waals surface area (Å²) in [6, 6.07) is 15.8. The van der Waals surface area contributed by atoms with E-state index in [-0.39, 0.29) is 6.03 Å². The van der Waals surface area contributed by atoms with Crippen LogP contribution in [0.4, 0.5) is 10.5 Å². The van der Waals surface area contributed by atoms with Gasteiger partial charge in [0.15, 0.2) is 0 Å². The van der Waals surface area contributed by atoms with Gasteiger partial charge in [-0.25, -0.2) is 4.79 Å². The molecule has 0 bridgehead atoms. The van der Waals surface area contributed by atoms with Crippen molar-refractivity contribution in [2.45, 2.75) is 19.9 Å². The molecule has 0 atom stereocenters. The summed E-state index contributed by atoms with van der Waals surface area (Å²) in [6.07, 6.45) is 1.08. The Morgan fingerprint density at radius 1 is 1.12 bits per heavy atom. The second kappa shape index (κ2) is 8.53. The van der Waals surface area contributed by atoms with Gasteiger partial charge in [-0.1, -0.05) is 24.3 Å². The van der Waals surface area contributed by atoms with E-state index in [1.807, 2.05) is 31.2 Å². The van der Waals surface area contributed by atoms with Gasteiger partial charge < -0.3 is 15.4 Å². The minimum absolute atomic E-state index is 0.179. The first-order chi connectivity index (χ1) is 12.2. The van der Waals surface area contributed by atoms with Crippen LogP contribution in [0.5, 0.6) is 5.75 Å². The highest BCUT2D eigenvalue weighted by Gasteiger charge is 2.15. The van der Waals surface area contributed by atoms with Crippen LogP contribution in [-0.4, -0.2) is 37.2 Å². The fourth-order valence-corrected chi connectivity index (χ4v) is 3.05. The van der Waals surface area contributed by atoms with Crippen molar-refractivity contribution in [2.75, 3.05) is 31.6 Å². The molecule has 0 unspecified atom stereocenters. The molecule has 5 heteroatoms. The maximum atomic E-state index is 12.0. The van der Waals surface area contributed by atoms with Crippen LogP contribution in [0.25, 0.3) is 0 Å². The monoisotopic (exact) mass is 339 g/mol. The van der Waals surface area contributed by atoms with Gasteiger partial charge in [0.2, 0.25) is 0 Å². The van der Waals surface area contributed by atoms with Crippen LogP contribution in [0.3, 0.4) is 0 Å². The molecule has 1 aliphatic rings. The van der Waals surface area contributed by atoms with Gasteiger partial charge in [0.05, 0.1) is 6.61 Å². The summed E-state index contributed by atoms with van der Waals surface area (Å²) in [4.78, 5) is 14.4. The van der Waals surface area contributed by atoms with Crippen molar-refractivity contribution in [1.29, 1.82) is 0 Å². The van der Waals surface area contributed by atoms with E-state index < -0.39 is 0 Å². The number of rotatable bonds is 6. The number of carbonyl (C=O) groups excluding carboxylic acids is 1. The summed E-state index contributed by atoms with van der Waals surface area (Å²) in [7, 11) is 0. The number of carbonyl (C=O) groups is 1. The fourth-order valence-electron chi connectivity index (χ4n) is 3.05. The Morgan fingerprint density at radius 3 is 2.64 bits per heavy atom. The van der Waals surface area contributed by atoms with Gasteiger partial charge in [-0.05, 0) is 48.7 Å². The predicted octanol–water partition coefficient (Wildman–Crippen LogP) is 3.27. The van der Waals surface area contributed by atoms with Crippen molar-refractivity contribution in [3.05, 3.63) is 59.7 Å². The molecule has 5 nitrogen and oxygen atoms in total. The van der Waals surface area contributed by atoms with E-state index in [1.165, 1.54) is 11.1 Å². The van der Waals surface area contributed by atoms with Crippen molar-refractivity contribution in [1.82, 2.24) is 10.2 Å². The van der Waals surface area contributed by atoms with Crippen molar-refractivity contribution < 1.29 is 9.53 Å². The molecule has 2 aromatic rings. The minimum atomic E-state index is -0.179. The van der Waals surface area contributed by atoms with E-state index in [4.69, 9.17) is 4.74 Å². The summed E-state index contributed by atoms with van der Waals surface area (Å²) < 4.78 is 5.39. The number of anilines is 1. The lowest BCUT2D eigenvalue weighted by Gasteiger charge is -2.28. The van der Waals surface area contributed by atoms with Crippen LogP contribution >= 0.6 is 0 Å². The highest BCUT2D eigenvalue weighted by Crippen LogP contribution is 2.18. The topological polar surface area (TPSA) is 53.6 Å². The Hall–Kier alpha value is -2.53. The second-order valence-electron chi connectivity index (χ2n) is 6.13. The largest absolute Gasteiger partial charge is 0.494 e. The Morgan fingerprint density at radius 2 is 1.88 bits per heavy atom. The smallest absolute Gasteiger partial charge is 0.319 e. The average molecular weight is 339 g/mol. The van der Waals surface area contributed by atoms with E-state index >= 15 is 0 Å². The van der Waals surface area contributed by atoms with E-state index in [1.54, 1.807) is 0 Å². The lowest BCUT2D eigenvalue weighted by Crippen LogP contribution is -2.39. The van der Waals surface area contributed by atoms with Crippen LogP contribution in [-0.2, 0) is 13.0 Å². The Balaban J connectivity index is 1.39. The van der Waals surface area contributed by atoms with Gasteiger partial charge in [-0.15, -0.1) is 0 Å². The zero-order valence-electron chi connectivity index (χ0n) is 14.6. The van der Waals surface area contributed by atoms with Crippen molar-refractivity contribution in [3.8, 4) is 5.75 Å². The van der Waals surface area contributed by atoms with Crippen LogP contribution in [0.1, 0.15) is 18.1 Å². The molecule has 0 radical (unpaired) electrons. The number of fused-ring (bicyclic) bond motifs is 1. The molecule has 25 heavy (non-hydrogen) atoms. The third-order valence-electron chi connectivity index (χ3n) is 4.35. The number of nitrogens with one attached hydrogen (secondary N) is 2. The molecule has 0 saturated heterocycles. The fraction of sp³-hybridized carbons (Fsp3) is 0.350. The van der Waals surface area contributed by atoms with Crippen molar-refractivity contribution in [2.24, 2.45) is 0 Å². The molecule has 0 aromatic heterocycles. The minimum Gasteiger partial charge on any atom is -0.494 e. The molecular formula is C20H25N3O2. The normalized spacial score (nSPS) is 13.8. The predicted molar refractivity (Wildman–Crippen MR) is 100 cm³/mol. The Labute approximate surface area is 149 Å². The number of benzene rings is 2. The Kier molecular flexibility index (Phi) is 5.90. The Bertz CT molecular complexity index is 700. The number of hydrogen-bond acceptors (Lipinski definition) is 3. The third-order valence-corrected chi connectivity index (χ3v) is 4.35. The molecule has 2 amide bonds. The van der Waals surface area contributed by atoms with E-state index in [0.29, 0.717) is 13.2 Å². The van der Waals surface area contributed by atoms with Gasteiger partial charge >= 0.3 is 6.03 Å². The lowest BCUT2D eigenvalue weighted by atomic mass is 10.00. The zero-order chi connectivity index (χ0) is 17.5. The maximum Gasteiger partial charge on any atom is 0.319 e. The third kappa shape index (κ3) is 4.97. The summed E-state index contributed by atoms with van der Waals surface area (Å²) in [5.74, 6) is 0.804. The summed E-state index contributed by atoms with van der Waals surface area (Å²) in [6.45, 7) is 6.06. The van der Waals surface area contributed by atoms with Gasteiger partial charge in [0.1, 0.15) is 5.75 Å². The molecule has 0 saturated carbocycles. The van der Waals surface area contributed by atoms with Gasteiger partial charge in [-0.2, -0.15) is 0 Å². The zero-order valence-corrected chi connectivity index (χ0v) is 14.6. The first kappa shape index (κ1) is 17.3. The van der Waals surface area contributed by atoms with E-state index in [9.17, 15) is 4.79 Å². The summed E-state index contributed by atoms with van der Waals surface area (Å²) in [5, 5.41) is 5.76. The van der Waals surface area contributed by atoms with E-state index in [2.05, 4.69) is 39.8 Å². The number of urea groups is 1. The maximum absolute atomic E-state index is 12.0. The first-order valence-corrected chi connectivity index (χ1v) is 8.81. The highest BCUT2D eigenvalue weighted by atomic mass is 16.5. The van der Waals surface area contributed by atoms with Gasteiger partial charge in [0.25, 0.3) is 0 Å². The first-order valence-electron chi connectivity index (χ1n) is 8.81. The molecule has 1 heterocycles. The van der Waals surface area contributed by atoms with Crippen LogP contribution in [0.15, 0.2) is 48.5 Å². The van der Waals surface area contributed by atoms with Crippen LogP contribution < -0.4 is 15.4 Å². The van der Waals surface area contributed by atoms with Gasteiger partial charge in [0, 0.05) is 31.9 Å². The molecule has 2 N–H and O–H groups in total. The SMILES string of the molecule is CCOc1ccc(NC(=O)NCCN2CCc3ccccc3C2)cc1. The molecular weight excluding hydrogens is 314 g/mol. The number of ether oxygens (including phenoxy) is 1. The quantitative estimate of drug-likeness (QED) is 0.849. The molecule has 132 valence electrons. The lowest BCUT2D eigenvalue weighted by molar-refractivity contribution is 0.239. The average Bonchev–Trinajstić information content (AvgIpc) is 2.63. The standard InChI is InChI=1S/C20H25N3O2/c1-2-25-19-9-7-18(8-10-19)22-20(24)21-12-14-23-13-11-16-5-3-4-6-17(16)15-23/h3-10H,2,11-15H2,1H3,(H2,21,22,24). The van der Waals surface area contributed by atoms with Gasteiger partial charge in [-0.3, -0.25) is 4.90 Å². The van der Waals surface area contributed by atoms with Crippen molar-refractivity contribution >= 4 is 11.7 Å². The molecule has 1 aliphatic heterocycles. The number of amides is 2. The molecule has 0 aliphatic carbocycles. The summed E-state index contributed by atoms with van der Waals surface area (Å²) in [5.41, 5.74) is 3.60. The second-order valence-corrected chi connectivity index (χ2v) is 6.13. The van der Waals surface area contributed by atoms with Crippen molar-refractivity contribution in [3.63, 3.8) is 0 Å². The molecule has 2 aromatic carbocycles. The molecule has 0 fully saturated rings.